The highest BCUT2D eigenvalue weighted by Crippen LogP contribution is 2.21. The van der Waals surface area contributed by atoms with Gasteiger partial charge in [-0.2, -0.15) is 0 Å². The van der Waals surface area contributed by atoms with Gasteiger partial charge < -0.3 is 15.4 Å². The van der Waals surface area contributed by atoms with E-state index in [1.807, 2.05) is 0 Å². The summed E-state index contributed by atoms with van der Waals surface area (Å²) in [6.07, 6.45) is 4.03. The van der Waals surface area contributed by atoms with E-state index in [1.54, 1.807) is 7.05 Å². The van der Waals surface area contributed by atoms with E-state index in [4.69, 9.17) is 4.74 Å². The lowest BCUT2D eigenvalue weighted by Gasteiger charge is -2.16. The Balaban J connectivity index is 0.00000784. The number of nitrogens with zero attached hydrogens (tertiary/aromatic N) is 1. The Hall–Kier alpha value is -1.07. The van der Waals surface area contributed by atoms with Crippen molar-refractivity contribution in [2.45, 2.75) is 46.6 Å². The quantitative estimate of drug-likeness (QED) is 0.164. The van der Waals surface area contributed by atoms with E-state index < -0.39 is 10.0 Å². The van der Waals surface area contributed by atoms with E-state index in [0.29, 0.717) is 37.9 Å². The molecule has 29 heavy (non-hydrogen) atoms. The fourth-order valence-corrected chi connectivity index (χ4v) is 3.08. The highest BCUT2D eigenvalue weighted by atomic mass is 127. The van der Waals surface area contributed by atoms with Crippen LogP contribution in [0.25, 0.3) is 0 Å². The van der Waals surface area contributed by atoms with Crippen LogP contribution in [0.15, 0.2) is 23.2 Å². The first-order chi connectivity index (χ1) is 13.2. The van der Waals surface area contributed by atoms with Crippen molar-refractivity contribution in [3.05, 3.63) is 29.3 Å². The minimum Gasteiger partial charge on any atom is -0.493 e. The second-order valence-electron chi connectivity index (χ2n) is 7.37. The van der Waals surface area contributed by atoms with E-state index >= 15 is 0 Å². The van der Waals surface area contributed by atoms with Gasteiger partial charge in [-0.05, 0) is 43.7 Å². The van der Waals surface area contributed by atoms with Crippen LogP contribution in [0.4, 0.5) is 0 Å². The molecule has 1 aromatic rings. The molecule has 0 radical (unpaired) electrons. The summed E-state index contributed by atoms with van der Waals surface area (Å²) in [5, 5.41) is 6.47. The van der Waals surface area contributed by atoms with E-state index in [0.717, 1.165) is 37.0 Å². The lowest BCUT2D eigenvalue weighted by Crippen LogP contribution is -2.38. The van der Waals surface area contributed by atoms with Gasteiger partial charge >= 0.3 is 0 Å². The number of sulfonamides is 1. The van der Waals surface area contributed by atoms with Crippen LogP contribution in [0, 0.1) is 12.8 Å². The normalized spacial score (nSPS) is 11.9. The number of aliphatic imine (C=N–C) groups is 1. The molecule has 0 heterocycles. The Kier molecular flexibility index (Phi) is 14.3. The maximum absolute atomic E-state index is 11.0. The molecule has 168 valence electrons. The monoisotopic (exact) mass is 540 g/mol. The number of aryl methyl sites for hydroxylation is 1. The lowest BCUT2D eigenvalue weighted by molar-refractivity contribution is 0.294. The molecule has 0 aliphatic heterocycles. The lowest BCUT2D eigenvalue weighted by atomic mass is 10.1. The maximum atomic E-state index is 11.0. The minimum absolute atomic E-state index is 0. The molecule has 1 aromatic carbocycles. The van der Waals surface area contributed by atoms with Gasteiger partial charge in [-0.15, -0.1) is 24.0 Å². The molecule has 0 saturated carbocycles. The van der Waals surface area contributed by atoms with Crippen molar-refractivity contribution in [2.24, 2.45) is 10.9 Å². The summed E-state index contributed by atoms with van der Waals surface area (Å²) in [5.74, 6) is 2.26. The Labute approximate surface area is 193 Å². The molecule has 3 N–H and O–H groups in total. The number of guanidine groups is 1. The second-order valence-corrected chi connectivity index (χ2v) is 9.20. The maximum Gasteiger partial charge on any atom is 0.208 e. The van der Waals surface area contributed by atoms with Crippen molar-refractivity contribution >= 4 is 40.0 Å². The number of halogens is 1. The van der Waals surface area contributed by atoms with Crippen LogP contribution in [0.5, 0.6) is 5.75 Å². The van der Waals surface area contributed by atoms with Crippen molar-refractivity contribution < 1.29 is 13.2 Å². The average molecular weight is 541 g/mol. The van der Waals surface area contributed by atoms with Gasteiger partial charge in [0.15, 0.2) is 5.96 Å². The van der Waals surface area contributed by atoms with Crippen LogP contribution >= 0.6 is 24.0 Å². The van der Waals surface area contributed by atoms with Gasteiger partial charge in [0, 0.05) is 32.2 Å². The summed E-state index contributed by atoms with van der Waals surface area (Å²) < 4.78 is 30.6. The van der Waals surface area contributed by atoms with Crippen LogP contribution in [0.3, 0.4) is 0 Å². The second kappa shape index (κ2) is 14.8. The van der Waals surface area contributed by atoms with Gasteiger partial charge in [-0.3, -0.25) is 4.99 Å². The van der Waals surface area contributed by atoms with E-state index in [9.17, 15) is 8.42 Å². The van der Waals surface area contributed by atoms with Gasteiger partial charge in [-0.25, -0.2) is 13.1 Å². The van der Waals surface area contributed by atoms with Crippen LogP contribution in [-0.4, -0.2) is 47.4 Å². The third kappa shape index (κ3) is 13.7. The molecule has 0 bridgehead atoms. The smallest absolute Gasteiger partial charge is 0.208 e. The number of ether oxygens (including phenoxy) is 1. The van der Waals surface area contributed by atoms with Crippen molar-refractivity contribution in [3.63, 3.8) is 0 Å². The average Bonchev–Trinajstić information content (AvgIpc) is 2.61. The predicted octanol–water partition coefficient (Wildman–Crippen LogP) is 3.03. The zero-order chi connectivity index (χ0) is 21.0. The molecule has 9 heteroatoms. The molecule has 0 aromatic heterocycles. The first kappa shape index (κ1) is 27.9. The highest BCUT2D eigenvalue weighted by molar-refractivity contribution is 14.0. The molecular weight excluding hydrogens is 503 g/mol. The van der Waals surface area contributed by atoms with E-state index in [-0.39, 0.29) is 24.0 Å². The van der Waals surface area contributed by atoms with Gasteiger partial charge in [0.1, 0.15) is 5.75 Å². The third-order valence-corrected chi connectivity index (χ3v) is 4.81. The van der Waals surface area contributed by atoms with Crippen molar-refractivity contribution in [3.8, 4) is 5.75 Å². The predicted molar refractivity (Wildman–Crippen MR) is 132 cm³/mol. The first-order valence-electron chi connectivity index (χ1n) is 9.82. The number of rotatable bonds is 12. The number of nitrogens with one attached hydrogen (secondary N) is 3. The molecular formula is C20H37IN4O3S. The minimum atomic E-state index is -3.14. The largest absolute Gasteiger partial charge is 0.493 e. The SMILES string of the molecule is CN=C(NCCCNS(C)(=O)=O)NCc1ccc(C)cc1OCCCC(C)C.I. The summed E-state index contributed by atoms with van der Waals surface area (Å²) in [7, 11) is -1.43. The molecule has 0 unspecified atom stereocenters. The molecule has 0 fully saturated rings. The Bertz CT molecular complexity index is 724. The van der Waals surface area contributed by atoms with Crippen LogP contribution < -0.4 is 20.1 Å². The molecule has 1 rings (SSSR count). The van der Waals surface area contributed by atoms with Crippen molar-refractivity contribution in [1.82, 2.24) is 15.4 Å². The zero-order valence-corrected chi connectivity index (χ0v) is 21.4. The zero-order valence-electron chi connectivity index (χ0n) is 18.2. The molecule has 0 spiro atoms. The Morgan fingerprint density at radius 2 is 1.90 bits per heavy atom. The van der Waals surface area contributed by atoms with Gasteiger partial charge in [0.25, 0.3) is 0 Å². The van der Waals surface area contributed by atoms with Crippen LogP contribution in [0.2, 0.25) is 0 Å². The Morgan fingerprint density at radius 1 is 1.17 bits per heavy atom. The molecule has 0 amide bonds. The van der Waals surface area contributed by atoms with Gasteiger partial charge in [-0.1, -0.05) is 26.0 Å². The standard InChI is InChI=1S/C20H36N4O3S.HI/c1-16(2)8-6-13-27-19-14-17(3)9-10-18(19)15-23-20(21-4)22-11-7-12-24-28(5,25)26;/h9-10,14,16,24H,6-8,11-13,15H2,1-5H3,(H2,21,22,23);1H. The number of hydrogen-bond donors (Lipinski definition) is 3. The van der Waals surface area contributed by atoms with E-state index in [1.165, 1.54) is 5.56 Å². The fourth-order valence-electron chi connectivity index (χ4n) is 2.57. The molecule has 0 saturated heterocycles. The summed E-state index contributed by atoms with van der Waals surface area (Å²) in [6, 6.07) is 6.22. The van der Waals surface area contributed by atoms with Gasteiger partial charge in [0.05, 0.1) is 12.9 Å². The third-order valence-electron chi connectivity index (χ3n) is 4.09. The summed E-state index contributed by atoms with van der Waals surface area (Å²) in [4.78, 5) is 4.21. The van der Waals surface area contributed by atoms with Gasteiger partial charge in [0.2, 0.25) is 10.0 Å². The summed E-state index contributed by atoms with van der Waals surface area (Å²) in [5.41, 5.74) is 2.25. The topological polar surface area (TPSA) is 91.8 Å². The van der Waals surface area contributed by atoms with Crippen LogP contribution in [-0.2, 0) is 16.6 Å². The molecule has 0 atom stereocenters. The molecule has 0 aliphatic rings. The fraction of sp³-hybridized carbons (Fsp3) is 0.650. The molecule has 7 nitrogen and oxygen atoms in total. The van der Waals surface area contributed by atoms with Crippen LogP contribution in [0.1, 0.15) is 44.2 Å². The highest BCUT2D eigenvalue weighted by Gasteiger charge is 2.07. The number of benzene rings is 1. The van der Waals surface area contributed by atoms with Crippen molar-refractivity contribution in [1.29, 1.82) is 0 Å². The summed E-state index contributed by atoms with van der Waals surface area (Å²) in [6.45, 7) is 8.83. The Morgan fingerprint density at radius 3 is 2.52 bits per heavy atom. The van der Waals surface area contributed by atoms with Crippen molar-refractivity contribution in [2.75, 3.05) is 33.0 Å². The molecule has 0 aliphatic carbocycles. The van der Waals surface area contributed by atoms with E-state index in [2.05, 4.69) is 59.3 Å². The number of hydrogen-bond acceptors (Lipinski definition) is 4. The first-order valence-corrected chi connectivity index (χ1v) is 11.7. The summed E-state index contributed by atoms with van der Waals surface area (Å²) >= 11 is 0.